The molecule has 1 aromatic heterocycles. The quantitative estimate of drug-likeness (QED) is 0.512. The third-order valence-electron chi connectivity index (χ3n) is 4.31. The molecular formula is C20H25NS. The van der Waals surface area contributed by atoms with Crippen molar-refractivity contribution in [2.75, 3.05) is 6.26 Å². The Kier molecular flexibility index (Phi) is 4.22. The Bertz CT molecular complexity index is 811. The first-order valence-electron chi connectivity index (χ1n) is 8.11. The van der Waals surface area contributed by atoms with Gasteiger partial charge in [-0.05, 0) is 41.9 Å². The predicted octanol–water partition coefficient (Wildman–Crippen LogP) is 6.30. The molecule has 0 unspecified atom stereocenters. The van der Waals surface area contributed by atoms with Gasteiger partial charge in [-0.15, -0.1) is 11.8 Å². The fourth-order valence-electron chi connectivity index (χ4n) is 3.14. The van der Waals surface area contributed by atoms with Gasteiger partial charge >= 0.3 is 0 Å². The van der Waals surface area contributed by atoms with Crippen LogP contribution in [0, 0.1) is 5.92 Å². The second-order valence-corrected chi connectivity index (χ2v) is 7.70. The fourth-order valence-corrected chi connectivity index (χ4v) is 3.57. The van der Waals surface area contributed by atoms with Crippen molar-refractivity contribution in [2.24, 2.45) is 5.92 Å². The van der Waals surface area contributed by atoms with E-state index in [1.165, 1.54) is 32.3 Å². The molecule has 3 aromatic rings. The summed E-state index contributed by atoms with van der Waals surface area (Å²) in [5, 5.41) is 2.76. The van der Waals surface area contributed by atoms with Crippen LogP contribution >= 0.6 is 11.8 Å². The van der Waals surface area contributed by atoms with E-state index in [9.17, 15) is 0 Å². The first-order valence-corrected chi connectivity index (χ1v) is 9.33. The van der Waals surface area contributed by atoms with Crippen molar-refractivity contribution in [1.29, 1.82) is 0 Å². The van der Waals surface area contributed by atoms with Gasteiger partial charge in [0, 0.05) is 27.7 Å². The van der Waals surface area contributed by atoms with Gasteiger partial charge in [0.05, 0.1) is 5.52 Å². The minimum absolute atomic E-state index is 0.566. The summed E-state index contributed by atoms with van der Waals surface area (Å²) in [7, 11) is 0. The highest BCUT2D eigenvalue weighted by Crippen LogP contribution is 2.34. The summed E-state index contributed by atoms with van der Waals surface area (Å²) in [4.78, 5) is 1.34. The van der Waals surface area contributed by atoms with E-state index in [0.29, 0.717) is 11.8 Å². The highest BCUT2D eigenvalue weighted by atomic mass is 32.2. The third kappa shape index (κ3) is 2.65. The minimum atomic E-state index is 0.566. The number of rotatable bonds is 4. The molecule has 22 heavy (non-hydrogen) atoms. The summed E-state index contributed by atoms with van der Waals surface area (Å²) in [6.07, 6.45) is 2.15. The summed E-state index contributed by atoms with van der Waals surface area (Å²) < 4.78 is 2.51. The zero-order valence-corrected chi connectivity index (χ0v) is 15.0. The van der Waals surface area contributed by atoms with Gasteiger partial charge in [-0.25, -0.2) is 0 Å². The zero-order valence-electron chi connectivity index (χ0n) is 14.2. The molecule has 0 radical (unpaired) electrons. The average molecular weight is 311 g/mol. The van der Waals surface area contributed by atoms with Crippen molar-refractivity contribution in [3.8, 4) is 0 Å². The van der Waals surface area contributed by atoms with E-state index >= 15 is 0 Å². The Morgan fingerprint density at radius 3 is 2.14 bits per heavy atom. The van der Waals surface area contributed by atoms with Gasteiger partial charge in [0.15, 0.2) is 0 Å². The van der Waals surface area contributed by atoms with Crippen LogP contribution in [0.2, 0.25) is 0 Å². The smallest absolute Gasteiger partial charge is 0.0502 e. The van der Waals surface area contributed by atoms with Crippen LogP contribution < -0.4 is 0 Å². The third-order valence-corrected chi connectivity index (χ3v) is 5.04. The molecule has 0 atom stereocenters. The number of hydrogen-bond donors (Lipinski definition) is 0. The van der Waals surface area contributed by atoms with E-state index < -0.39 is 0 Å². The monoisotopic (exact) mass is 311 g/mol. The second kappa shape index (κ2) is 6.00. The van der Waals surface area contributed by atoms with E-state index in [0.717, 1.165) is 6.54 Å². The summed E-state index contributed by atoms with van der Waals surface area (Å²) in [6.45, 7) is 10.2. The molecule has 0 aliphatic carbocycles. The Balaban J connectivity index is 2.35. The molecule has 116 valence electrons. The molecule has 0 aliphatic rings. The van der Waals surface area contributed by atoms with Crippen molar-refractivity contribution < 1.29 is 0 Å². The van der Waals surface area contributed by atoms with Gasteiger partial charge in [-0.1, -0.05) is 45.9 Å². The van der Waals surface area contributed by atoms with E-state index in [1.54, 1.807) is 0 Å². The number of aromatic nitrogens is 1. The molecule has 2 aromatic carbocycles. The van der Waals surface area contributed by atoms with Gasteiger partial charge in [-0.3, -0.25) is 0 Å². The zero-order chi connectivity index (χ0) is 15.9. The average Bonchev–Trinajstić information content (AvgIpc) is 2.79. The first-order chi connectivity index (χ1) is 10.5. The van der Waals surface area contributed by atoms with Gasteiger partial charge in [-0.2, -0.15) is 0 Å². The second-order valence-electron chi connectivity index (χ2n) is 6.82. The van der Waals surface area contributed by atoms with Crippen molar-refractivity contribution >= 4 is 33.6 Å². The Morgan fingerprint density at radius 1 is 0.909 bits per heavy atom. The van der Waals surface area contributed by atoms with Crippen molar-refractivity contribution in [3.05, 3.63) is 42.0 Å². The molecule has 0 aliphatic heterocycles. The van der Waals surface area contributed by atoms with Crippen LogP contribution in [0.15, 0.2) is 41.3 Å². The lowest BCUT2D eigenvalue weighted by Crippen LogP contribution is -2.04. The van der Waals surface area contributed by atoms with E-state index in [2.05, 4.69) is 74.9 Å². The molecule has 0 spiro atoms. The molecule has 0 fully saturated rings. The maximum Gasteiger partial charge on any atom is 0.0502 e. The van der Waals surface area contributed by atoms with Crippen LogP contribution in [-0.4, -0.2) is 10.8 Å². The SMILES string of the molecule is CSc1ccc2c3ccc(C(C)C)cc3n(CC(C)C)c2c1. The normalized spacial score (nSPS) is 12.1. The molecule has 0 saturated carbocycles. The molecular weight excluding hydrogens is 286 g/mol. The summed E-state index contributed by atoms with van der Waals surface area (Å²) >= 11 is 1.82. The lowest BCUT2D eigenvalue weighted by Gasteiger charge is -2.12. The van der Waals surface area contributed by atoms with Crippen LogP contribution in [0.1, 0.15) is 39.2 Å². The summed E-state index contributed by atoms with van der Waals surface area (Å²) in [5.41, 5.74) is 4.18. The topological polar surface area (TPSA) is 4.93 Å². The Labute approximate surface area is 137 Å². The molecule has 2 heteroatoms. The van der Waals surface area contributed by atoms with Crippen LogP contribution in [0.5, 0.6) is 0 Å². The highest BCUT2D eigenvalue weighted by Gasteiger charge is 2.13. The molecule has 0 saturated heterocycles. The Hall–Kier alpha value is -1.41. The van der Waals surface area contributed by atoms with Crippen LogP contribution in [0.4, 0.5) is 0 Å². The lowest BCUT2D eigenvalue weighted by molar-refractivity contribution is 0.545. The fraction of sp³-hybridized carbons (Fsp3) is 0.400. The molecule has 0 bridgehead atoms. The largest absolute Gasteiger partial charge is 0.340 e. The minimum Gasteiger partial charge on any atom is -0.340 e. The van der Waals surface area contributed by atoms with Gasteiger partial charge in [0.1, 0.15) is 0 Å². The van der Waals surface area contributed by atoms with Crippen LogP contribution in [0.25, 0.3) is 21.8 Å². The van der Waals surface area contributed by atoms with E-state index in [-0.39, 0.29) is 0 Å². The van der Waals surface area contributed by atoms with Crippen LogP contribution in [0.3, 0.4) is 0 Å². The molecule has 0 N–H and O–H groups in total. The summed E-state index contributed by atoms with van der Waals surface area (Å²) in [6, 6.07) is 13.9. The van der Waals surface area contributed by atoms with Gasteiger partial charge in [0.25, 0.3) is 0 Å². The summed E-state index contributed by atoms with van der Waals surface area (Å²) in [5.74, 6) is 1.20. The number of nitrogens with zero attached hydrogens (tertiary/aromatic N) is 1. The number of benzene rings is 2. The molecule has 1 heterocycles. The number of hydrogen-bond acceptors (Lipinski definition) is 1. The molecule has 1 nitrogen and oxygen atoms in total. The molecule has 0 amide bonds. The Morgan fingerprint density at radius 2 is 1.55 bits per heavy atom. The van der Waals surface area contributed by atoms with E-state index in [1.807, 2.05) is 11.8 Å². The number of thioether (sulfide) groups is 1. The standard InChI is InChI=1S/C20H25NS/c1-13(2)12-21-19-10-15(14(3)4)6-8-17(19)18-9-7-16(22-5)11-20(18)21/h6-11,13-14H,12H2,1-5H3. The van der Waals surface area contributed by atoms with Crippen LogP contribution in [-0.2, 0) is 6.54 Å². The molecule has 3 rings (SSSR count). The van der Waals surface area contributed by atoms with E-state index in [4.69, 9.17) is 0 Å². The van der Waals surface area contributed by atoms with Gasteiger partial charge < -0.3 is 4.57 Å². The first kappa shape index (κ1) is 15.5. The lowest BCUT2D eigenvalue weighted by atomic mass is 10.0. The maximum absolute atomic E-state index is 2.51. The van der Waals surface area contributed by atoms with Gasteiger partial charge in [0.2, 0.25) is 0 Å². The predicted molar refractivity (Wildman–Crippen MR) is 100 cm³/mol. The van der Waals surface area contributed by atoms with Crippen molar-refractivity contribution in [2.45, 2.75) is 45.1 Å². The number of fused-ring (bicyclic) bond motifs is 3. The maximum atomic E-state index is 2.51. The highest BCUT2D eigenvalue weighted by molar-refractivity contribution is 7.98. The van der Waals surface area contributed by atoms with Crippen molar-refractivity contribution in [1.82, 2.24) is 4.57 Å². The van der Waals surface area contributed by atoms with Crippen molar-refractivity contribution in [3.63, 3.8) is 0 Å².